The fourth-order valence-electron chi connectivity index (χ4n) is 2.94. The van der Waals surface area contributed by atoms with Crippen LogP contribution in [0.2, 0.25) is 0 Å². The lowest BCUT2D eigenvalue weighted by Crippen LogP contribution is -2.39. The zero-order valence-corrected chi connectivity index (χ0v) is 11.9. The van der Waals surface area contributed by atoms with Gasteiger partial charge in [-0.05, 0) is 18.4 Å². The average molecular weight is 307 g/mol. The van der Waals surface area contributed by atoms with Crippen molar-refractivity contribution in [2.75, 3.05) is 32.7 Å². The monoisotopic (exact) mass is 307 g/mol. The molecule has 2 fully saturated rings. The second-order valence-corrected chi connectivity index (χ2v) is 6.32. The van der Waals surface area contributed by atoms with Crippen LogP contribution in [-0.4, -0.2) is 60.5 Å². The lowest BCUT2D eigenvalue weighted by molar-refractivity contribution is -0.157. The number of nitrogens with two attached hydrogens (primary N) is 1. The van der Waals surface area contributed by atoms with Crippen molar-refractivity contribution in [3.8, 4) is 0 Å². The van der Waals surface area contributed by atoms with Gasteiger partial charge < -0.3 is 15.5 Å². The second kappa shape index (κ2) is 5.47. The van der Waals surface area contributed by atoms with Gasteiger partial charge in [0.1, 0.15) is 6.54 Å². The van der Waals surface area contributed by atoms with E-state index in [2.05, 4.69) is 0 Å². The van der Waals surface area contributed by atoms with Crippen LogP contribution in [0.3, 0.4) is 0 Å². The van der Waals surface area contributed by atoms with Crippen molar-refractivity contribution in [2.45, 2.75) is 25.9 Å². The van der Waals surface area contributed by atoms with Gasteiger partial charge in [0.05, 0.1) is 5.92 Å². The minimum Gasteiger partial charge on any atom is -0.342 e. The maximum Gasteiger partial charge on any atom is 0.406 e. The Morgan fingerprint density at radius 3 is 2.67 bits per heavy atom. The first-order valence-electron chi connectivity index (χ1n) is 6.97. The van der Waals surface area contributed by atoms with Gasteiger partial charge in [0.15, 0.2) is 0 Å². The van der Waals surface area contributed by atoms with Gasteiger partial charge in [0.25, 0.3) is 0 Å². The van der Waals surface area contributed by atoms with E-state index >= 15 is 0 Å². The number of hydrogen-bond donors (Lipinski definition) is 1. The lowest BCUT2D eigenvalue weighted by Gasteiger charge is -2.24. The highest BCUT2D eigenvalue weighted by molar-refractivity contribution is 5.89. The number of hydrogen-bond acceptors (Lipinski definition) is 3. The largest absolute Gasteiger partial charge is 0.406 e. The summed E-state index contributed by atoms with van der Waals surface area (Å²) in [7, 11) is 0. The Kier molecular flexibility index (Phi) is 4.19. The van der Waals surface area contributed by atoms with E-state index in [1.807, 2.05) is 6.92 Å². The van der Waals surface area contributed by atoms with E-state index in [9.17, 15) is 22.8 Å². The molecule has 2 heterocycles. The van der Waals surface area contributed by atoms with Crippen LogP contribution >= 0.6 is 0 Å². The lowest BCUT2D eigenvalue weighted by atomic mass is 9.90. The van der Waals surface area contributed by atoms with Crippen LogP contribution in [0.1, 0.15) is 19.8 Å². The van der Waals surface area contributed by atoms with E-state index in [0.29, 0.717) is 19.6 Å². The zero-order valence-electron chi connectivity index (χ0n) is 11.9. The number of nitrogens with zero attached hydrogens (tertiary/aromatic N) is 2. The molecule has 0 aromatic rings. The van der Waals surface area contributed by atoms with Crippen molar-refractivity contribution in [3.63, 3.8) is 0 Å². The van der Waals surface area contributed by atoms with Crippen molar-refractivity contribution in [2.24, 2.45) is 17.1 Å². The molecule has 0 aliphatic carbocycles. The van der Waals surface area contributed by atoms with Gasteiger partial charge in [-0.15, -0.1) is 0 Å². The van der Waals surface area contributed by atoms with Crippen molar-refractivity contribution >= 4 is 11.8 Å². The fraction of sp³-hybridized carbons (Fsp3) is 0.846. The Morgan fingerprint density at radius 1 is 1.48 bits per heavy atom. The predicted molar refractivity (Wildman–Crippen MR) is 69.1 cm³/mol. The first-order chi connectivity index (χ1) is 9.63. The van der Waals surface area contributed by atoms with Crippen LogP contribution in [0, 0.1) is 11.3 Å². The van der Waals surface area contributed by atoms with Gasteiger partial charge >= 0.3 is 6.18 Å². The Labute approximate surface area is 121 Å². The van der Waals surface area contributed by atoms with Gasteiger partial charge in [0.2, 0.25) is 11.8 Å². The first kappa shape index (κ1) is 16.1. The van der Waals surface area contributed by atoms with Crippen LogP contribution in [0.5, 0.6) is 0 Å². The molecule has 21 heavy (non-hydrogen) atoms. The van der Waals surface area contributed by atoms with Gasteiger partial charge in [0, 0.05) is 26.1 Å². The summed E-state index contributed by atoms with van der Waals surface area (Å²) in [6.07, 6.45) is -3.79. The summed E-state index contributed by atoms with van der Waals surface area (Å²) in [4.78, 5) is 26.3. The molecular weight excluding hydrogens is 287 g/mol. The molecule has 2 unspecified atom stereocenters. The number of alkyl halides is 3. The molecule has 0 aromatic heterocycles. The Balaban J connectivity index is 1.95. The number of amides is 2. The predicted octanol–water partition coefficient (Wildman–Crippen LogP) is 0.595. The Hall–Kier alpha value is -1.31. The van der Waals surface area contributed by atoms with Crippen LogP contribution in [0.25, 0.3) is 0 Å². The standard InChI is InChI=1S/C13H20F3N3O2/c1-12(6-17)2-3-18(7-12)11(21)9-4-10(20)19(5-9)8-13(14,15)16/h9H,2-8,17H2,1H3. The molecule has 2 N–H and O–H groups in total. The number of halogens is 3. The van der Waals surface area contributed by atoms with Gasteiger partial charge in [-0.2, -0.15) is 13.2 Å². The summed E-state index contributed by atoms with van der Waals surface area (Å²) in [6, 6.07) is 0. The summed E-state index contributed by atoms with van der Waals surface area (Å²) < 4.78 is 37.1. The maximum atomic E-state index is 12.4. The SMILES string of the molecule is CC1(CN)CCN(C(=O)C2CC(=O)N(CC(F)(F)F)C2)C1. The maximum absolute atomic E-state index is 12.4. The molecule has 120 valence electrons. The van der Waals surface area contributed by atoms with E-state index < -0.39 is 24.5 Å². The summed E-state index contributed by atoms with van der Waals surface area (Å²) in [5.74, 6) is -1.50. The minimum absolute atomic E-state index is 0.134. The van der Waals surface area contributed by atoms with Crippen LogP contribution in [-0.2, 0) is 9.59 Å². The molecule has 8 heteroatoms. The minimum atomic E-state index is -4.43. The van der Waals surface area contributed by atoms with E-state index in [1.54, 1.807) is 4.90 Å². The molecule has 2 amide bonds. The third kappa shape index (κ3) is 3.66. The van der Waals surface area contributed by atoms with Crippen molar-refractivity contribution in [1.82, 2.24) is 9.80 Å². The highest BCUT2D eigenvalue weighted by Crippen LogP contribution is 2.31. The summed E-state index contributed by atoms with van der Waals surface area (Å²) >= 11 is 0. The highest BCUT2D eigenvalue weighted by atomic mass is 19.4. The van der Waals surface area contributed by atoms with E-state index in [0.717, 1.165) is 11.3 Å². The molecule has 2 atom stereocenters. The first-order valence-corrected chi connectivity index (χ1v) is 6.97. The Bertz CT molecular complexity index is 441. The summed E-state index contributed by atoms with van der Waals surface area (Å²) in [5, 5.41) is 0. The van der Waals surface area contributed by atoms with E-state index in [1.165, 1.54) is 0 Å². The quantitative estimate of drug-likeness (QED) is 0.830. The second-order valence-electron chi connectivity index (χ2n) is 6.32. The van der Waals surface area contributed by atoms with Crippen molar-refractivity contribution in [1.29, 1.82) is 0 Å². The summed E-state index contributed by atoms with van der Waals surface area (Å²) in [5.41, 5.74) is 5.54. The molecule has 2 rings (SSSR count). The molecule has 5 nitrogen and oxygen atoms in total. The normalized spacial score (nSPS) is 30.3. The molecular formula is C13H20F3N3O2. The Morgan fingerprint density at radius 2 is 2.14 bits per heavy atom. The molecule has 2 aliphatic rings. The van der Waals surface area contributed by atoms with Crippen molar-refractivity contribution < 1.29 is 22.8 Å². The van der Waals surface area contributed by atoms with Crippen LogP contribution in [0.15, 0.2) is 0 Å². The van der Waals surface area contributed by atoms with Gasteiger partial charge in [-0.25, -0.2) is 0 Å². The third-order valence-electron chi connectivity index (χ3n) is 4.30. The van der Waals surface area contributed by atoms with Gasteiger partial charge in [-0.3, -0.25) is 9.59 Å². The number of likely N-dealkylation sites (tertiary alicyclic amines) is 2. The molecule has 2 aliphatic heterocycles. The topological polar surface area (TPSA) is 66.6 Å². The molecule has 0 bridgehead atoms. The fourth-order valence-corrected chi connectivity index (χ4v) is 2.94. The summed E-state index contributed by atoms with van der Waals surface area (Å²) in [6.45, 7) is 2.07. The number of carbonyl (C=O) groups is 2. The van der Waals surface area contributed by atoms with Crippen molar-refractivity contribution in [3.05, 3.63) is 0 Å². The molecule has 0 radical (unpaired) electrons. The molecule has 2 saturated heterocycles. The average Bonchev–Trinajstić information content (AvgIpc) is 2.92. The molecule has 0 spiro atoms. The van der Waals surface area contributed by atoms with Gasteiger partial charge in [-0.1, -0.05) is 6.92 Å². The number of rotatable bonds is 3. The molecule has 0 saturated carbocycles. The zero-order chi connectivity index (χ0) is 15.8. The van der Waals surface area contributed by atoms with E-state index in [4.69, 9.17) is 5.73 Å². The third-order valence-corrected chi connectivity index (χ3v) is 4.30. The van der Waals surface area contributed by atoms with Crippen LogP contribution < -0.4 is 5.73 Å². The highest BCUT2D eigenvalue weighted by Gasteiger charge is 2.43. The molecule has 0 aromatic carbocycles. The van der Waals surface area contributed by atoms with E-state index in [-0.39, 0.29) is 24.3 Å². The van der Waals surface area contributed by atoms with Crippen LogP contribution in [0.4, 0.5) is 13.2 Å². The smallest absolute Gasteiger partial charge is 0.342 e. The number of carbonyl (C=O) groups excluding carboxylic acids is 2.